The lowest BCUT2D eigenvalue weighted by Gasteiger charge is -2.47. The van der Waals surface area contributed by atoms with Crippen LogP contribution in [0.25, 0.3) is 0 Å². The SMILES string of the molecule is CC(=N)C(=S)NCC1(C)c2cc(C)ccc2CC12CCCCC2. The normalized spacial score (nSPS) is 25.2. The van der Waals surface area contributed by atoms with Crippen molar-refractivity contribution in [3.63, 3.8) is 0 Å². The summed E-state index contributed by atoms with van der Waals surface area (Å²) in [7, 11) is 0. The molecule has 0 amide bonds. The zero-order valence-corrected chi connectivity index (χ0v) is 15.4. The summed E-state index contributed by atoms with van der Waals surface area (Å²) in [6, 6.07) is 6.98. The molecule has 2 aliphatic rings. The van der Waals surface area contributed by atoms with Crippen LogP contribution in [0.4, 0.5) is 0 Å². The van der Waals surface area contributed by atoms with E-state index >= 15 is 0 Å². The maximum Gasteiger partial charge on any atom is 0.120 e. The molecule has 0 heterocycles. The number of benzene rings is 1. The third-order valence-corrected chi connectivity index (χ3v) is 6.76. The van der Waals surface area contributed by atoms with E-state index in [2.05, 4.69) is 37.4 Å². The van der Waals surface area contributed by atoms with Crippen LogP contribution in [0.1, 0.15) is 62.6 Å². The van der Waals surface area contributed by atoms with Gasteiger partial charge in [0, 0.05) is 12.0 Å². The summed E-state index contributed by atoms with van der Waals surface area (Å²) >= 11 is 5.34. The zero-order chi connectivity index (χ0) is 16.7. The monoisotopic (exact) mass is 328 g/mol. The van der Waals surface area contributed by atoms with Gasteiger partial charge in [0.1, 0.15) is 4.99 Å². The first-order valence-electron chi connectivity index (χ1n) is 8.81. The van der Waals surface area contributed by atoms with Crippen molar-refractivity contribution in [2.75, 3.05) is 6.54 Å². The Kier molecular flexibility index (Phi) is 4.35. The lowest BCUT2D eigenvalue weighted by molar-refractivity contribution is 0.0943. The second-order valence-corrected chi connectivity index (χ2v) is 8.23. The molecule has 0 bridgehead atoms. The highest BCUT2D eigenvalue weighted by molar-refractivity contribution is 7.82. The number of thiocarbonyl (C=S) groups is 1. The van der Waals surface area contributed by atoms with Crippen LogP contribution in [0.2, 0.25) is 0 Å². The first-order chi connectivity index (χ1) is 10.9. The van der Waals surface area contributed by atoms with E-state index in [9.17, 15) is 0 Å². The molecule has 1 saturated carbocycles. The van der Waals surface area contributed by atoms with Crippen LogP contribution >= 0.6 is 12.2 Å². The molecule has 3 heteroatoms. The minimum atomic E-state index is 0.105. The standard InChI is InChI=1S/C20H28N2S/c1-14-7-8-16-12-20(9-5-4-6-10-20)19(3,17(16)11-14)13-22-18(23)15(2)21/h7-8,11,21H,4-6,9-10,12-13H2,1-3H3,(H,22,23). The van der Waals surface area contributed by atoms with Gasteiger partial charge >= 0.3 is 0 Å². The molecule has 1 unspecified atom stereocenters. The fourth-order valence-corrected chi connectivity index (χ4v) is 4.91. The molecule has 0 aromatic heterocycles. The Morgan fingerprint density at radius 3 is 2.61 bits per heavy atom. The Hall–Kier alpha value is -1.22. The fraction of sp³-hybridized carbons (Fsp3) is 0.600. The molecule has 1 fully saturated rings. The van der Waals surface area contributed by atoms with Gasteiger partial charge in [-0.2, -0.15) is 0 Å². The Bertz CT molecular complexity index is 643. The fourth-order valence-electron chi connectivity index (χ4n) is 4.83. The van der Waals surface area contributed by atoms with Crippen molar-refractivity contribution in [1.82, 2.24) is 5.32 Å². The second-order valence-electron chi connectivity index (χ2n) is 7.82. The smallest absolute Gasteiger partial charge is 0.120 e. The molecule has 2 N–H and O–H groups in total. The van der Waals surface area contributed by atoms with Crippen molar-refractivity contribution in [2.24, 2.45) is 5.41 Å². The lowest BCUT2D eigenvalue weighted by Crippen LogP contribution is -2.50. The van der Waals surface area contributed by atoms with Crippen molar-refractivity contribution < 1.29 is 0 Å². The quantitative estimate of drug-likeness (QED) is 0.622. The Balaban J connectivity index is 1.98. The molecule has 0 radical (unpaired) electrons. The first kappa shape index (κ1) is 16.6. The maximum atomic E-state index is 7.75. The number of hydrogen-bond acceptors (Lipinski definition) is 2. The number of fused-ring (bicyclic) bond motifs is 1. The molecule has 1 spiro atoms. The third-order valence-electron chi connectivity index (χ3n) is 6.31. The Labute approximate surface area is 145 Å². The average molecular weight is 329 g/mol. The van der Waals surface area contributed by atoms with Gasteiger partial charge < -0.3 is 10.7 Å². The van der Waals surface area contributed by atoms with E-state index in [1.165, 1.54) is 55.2 Å². The van der Waals surface area contributed by atoms with E-state index in [1.54, 1.807) is 6.92 Å². The molecule has 0 saturated heterocycles. The summed E-state index contributed by atoms with van der Waals surface area (Å²) < 4.78 is 0. The van der Waals surface area contributed by atoms with Gasteiger partial charge in [0.2, 0.25) is 0 Å². The van der Waals surface area contributed by atoms with Gasteiger partial charge in [-0.25, -0.2) is 0 Å². The van der Waals surface area contributed by atoms with Crippen molar-refractivity contribution in [1.29, 1.82) is 5.41 Å². The molecule has 3 rings (SSSR count). The molecule has 2 nitrogen and oxygen atoms in total. The van der Waals surface area contributed by atoms with E-state index in [4.69, 9.17) is 17.6 Å². The van der Waals surface area contributed by atoms with Crippen LogP contribution in [0.15, 0.2) is 18.2 Å². The van der Waals surface area contributed by atoms with Crippen molar-refractivity contribution in [3.8, 4) is 0 Å². The first-order valence-corrected chi connectivity index (χ1v) is 9.22. The number of aryl methyl sites for hydroxylation is 1. The van der Waals surface area contributed by atoms with Crippen molar-refractivity contribution in [3.05, 3.63) is 34.9 Å². The van der Waals surface area contributed by atoms with E-state index in [1.807, 2.05) is 0 Å². The van der Waals surface area contributed by atoms with Crippen LogP contribution in [-0.2, 0) is 11.8 Å². The minimum absolute atomic E-state index is 0.105. The van der Waals surface area contributed by atoms with Gasteiger partial charge in [-0.15, -0.1) is 0 Å². The zero-order valence-electron chi connectivity index (χ0n) is 14.6. The van der Waals surface area contributed by atoms with Gasteiger partial charge in [-0.3, -0.25) is 0 Å². The summed E-state index contributed by atoms with van der Waals surface area (Å²) in [5.74, 6) is 0. The Morgan fingerprint density at radius 2 is 1.96 bits per heavy atom. The van der Waals surface area contributed by atoms with Crippen LogP contribution < -0.4 is 5.32 Å². The summed E-state index contributed by atoms with van der Waals surface area (Å²) in [6.07, 6.45) is 7.90. The van der Waals surface area contributed by atoms with Gasteiger partial charge in [-0.05, 0) is 49.7 Å². The number of rotatable bonds is 3. The Morgan fingerprint density at radius 1 is 1.26 bits per heavy atom. The topological polar surface area (TPSA) is 35.9 Å². The van der Waals surface area contributed by atoms with Crippen LogP contribution in [0.5, 0.6) is 0 Å². The van der Waals surface area contributed by atoms with E-state index in [0.717, 1.165) is 6.54 Å². The van der Waals surface area contributed by atoms with E-state index < -0.39 is 0 Å². The molecular formula is C20H28N2S. The molecular weight excluding hydrogens is 300 g/mol. The predicted octanol–water partition coefficient (Wildman–Crippen LogP) is 4.72. The molecule has 0 aliphatic heterocycles. The van der Waals surface area contributed by atoms with Crippen molar-refractivity contribution in [2.45, 2.75) is 64.7 Å². The molecule has 1 aromatic carbocycles. The number of hydrogen-bond donors (Lipinski definition) is 2. The summed E-state index contributed by atoms with van der Waals surface area (Å²) in [4.78, 5) is 0.596. The largest absolute Gasteiger partial charge is 0.374 e. The summed E-state index contributed by atoms with van der Waals surface area (Å²) in [5, 5.41) is 11.2. The molecule has 23 heavy (non-hydrogen) atoms. The van der Waals surface area contributed by atoms with Crippen LogP contribution in [-0.4, -0.2) is 17.2 Å². The average Bonchev–Trinajstić information content (AvgIpc) is 2.75. The molecule has 1 aromatic rings. The predicted molar refractivity (Wildman–Crippen MR) is 102 cm³/mol. The van der Waals surface area contributed by atoms with Crippen LogP contribution in [0.3, 0.4) is 0 Å². The summed E-state index contributed by atoms with van der Waals surface area (Å²) in [6.45, 7) is 7.23. The highest BCUT2D eigenvalue weighted by atomic mass is 32.1. The maximum absolute atomic E-state index is 7.75. The van der Waals surface area contributed by atoms with Gasteiger partial charge in [0.05, 0.1) is 5.71 Å². The molecule has 2 aliphatic carbocycles. The number of nitrogens with one attached hydrogen (secondary N) is 2. The molecule has 1 atom stereocenters. The minimum Gasteiger partial charge on any atom is -0.374 e. The van der Waals surface area contributed by atoms with E-state index in [0.29, 0.717) is 16.1 Å². The molecule has 124 valence electrons. The highest BCUT2D eigenvalue weighted by Gasteiger charge is 2.54. The van der Waals surface area contributed by atoms with Gasteiger partial charge in [-0.1, -0.05) is 62.2 Å². The lowest BCUT2D eigenvalue weighted by atomic mass is 9.58. The van der Waals surface area contributed by atoms with E-state index in [-0.39, 0.29) is 5.41 Å². The van der Waals surface area contributed by atoms with Crippen molar-refractivity contribution >= 4 is 22.9 Å². The highest BCUT2D eigenvalue weighted by Crippen LogP contribution is 2.58. The third kappa shape index (κ3) is 2.73. The van der Waals surface area contributed by atoms with Gasteiger partial charge in [0.25, 0.3) is 0 Å². The van der Waals surface area contributed by atoms with Crippen LogP contribution in [0, 0.1) is 17.7 Å². The van der Waals surface area contributed by atoms with Gasteiger partial charge in [0.15, 0.2) is 0 Å². The second kappa shape index (κ2) is 6.01. The summed E-state index contributed by atoms with van der Waals surface area (Å²) in [5.41, 5.74) is 5.31.